The highest BCUT2D eigenvalue weighted by Gasteiger charge is 2.18. The first-order chi connectivity index (χ1) is 12.4. The SMILES string of the molecule is CCN(CC)CC(C)C(O)c1ccc(SCc2ccc(Cl)cc2Cl)cc1. The lowest BCUT2D eigenvalue weighted by Gasteiger charge is -2.26. The van der Waals surface area contributed by atoms with Crippen molar-refractivity contribution in [2.45, 2.75) is 37.5 Å². The van der Waals surface area contributed by atoms with Gasteiger partial charge in [0.25, 0.3) is 0 Å². The van der Waals surface area contributed by atoms with Crippen molar-refractivity contribution >= 4 is 35.0 Å². The second kappa shape index (κ2) is 10.6. The Labute approximate surface area is 171 Å². The van der Waals surface area contributed by atoms with Crippen LogP contribution in [-0.2, 0) is 5.75 Å². The first-order valence-electron chi connectivity index (χ1n) is 9.01. The third kappa shape index (κ3) is 6.17. The van der Waals surface area contributed by atoms with Crippen LogP contribution in [-0.4, -0.2) is 29.6 Å². The van der Waals surface area contributed by atoms with Crippen molar-refractivity contribution in [1.82, 2.24) is 4.90 Å². The molecule has 0 radical (unpaired) electrons. The average Bonchev–Trinajstić information content (AvgIpc) is 2.65. The molecule has 0 bridgehead atoms. The molecule has 0 aliphatic rings. The largest absolute Gasteiger partial charge is 0.388 e. The number of thioether (sulfide) groups is 1. The molecule has 26 heavy (non-hydrogen) atoms. The first-order valence-corrected chi connectivity index (χ1v) is 10.8. The van der Waals surface area contributed by atoms with Crippen molar-refractivity contribution in [1.29, 1.82) is 0 Å². The Morgan fingerprint density at radius 2 is 1.69 bits per heavy atom. The van der Waals surface area contributed by atoms with Gasteiger partial charge in [-0.15, -0.1) is 11.8 Å². The van der Waals surface area contributed by atoms with Crippen LogP contribution in [0.2, 0.25) is 10.0 Å². The number of aliphatic hydroxyl groups excluding tert-OH is 1. The molecule has 0 saturated carbocycles. The van der Waals surface area contributed by atoms with E-state index in [2.05, 4.69) is 37.8 Å². The molecule has 0 aliphatic carbocycles. The molecule has 1 N–H and O–H groups in total. The van der Waals surface area contributed by atoms with Crippen LogP contribution < -0.4 is 0 Å². The van der Waals surface area contributed by atoms with Crippen molar-refractivity contribution in [2.75, 3.05) is 19.6 Å². The average molecular weight is 412 g/mol. The zero-order valence-electron chi connectivity index (χ0n) is 15.6. The van der Waals surface area contributed by atoms with Gasteiger partial charge in [0.2, 0.25) is 0 Å². The molecular weight excluding hydrogens is 385 g/mol. The standard InChI is InChI=1S/C21H27Cl2NOS/c1-4-24(5-2)13-15(3)21(25)16-7-10-19(11-8-16)26-14-17-6-9-18(22)12-20(17)23/h6-12,15,21,25H,4-5,13-14H2,1-3H3. The summed E-state index contributed by atoms with van der Waals surface area (Å²) in [5.41, 5.74) is 2.04. The number of hydrogen-bond acceptors (Lipinski definition) is 3. The molecule has 2 atom stereocenters. The number of nitrogens with zero attached hydrogens (tertiary/aromatic N) is 1. The van der Waals surface area contributed by atoms with Crippen LogP contribution >= 0.6 is 35.0 Å². The fourth-order valence-electron chi connectivity index (χ4n) is 2.88. The topological polar surface area (TPSA) is 23.5 Å². The molecule has 5 heteroatoms. The van der Waals surface area contributed by atoms with Crippen molar-refractivity contribution in [3.05, 3.63) is 63.6 Å². The smallest absolute Gasteiger partial charge is 0.0827 e. The number of rotatable bonds is 9. The molecule has 0 spiro atoms. The summed E-state index contributed by atoms with van der Waals surface area (Å²) >= 11 is 13.9. The van der Waals surface area contributed by atoms with Crippen molar-refractivity contribution in [3.8, 4) is 0 Å². The first kappa shape index (κ1) is 21.6. The highest BCUT2D eigenvalue weighted by molar-refractivity contribution is 7.98. The molecule has 2 unspecified atom stereocenters. The maximum atomic E-state index is 10.6. The van der Waals surface area contributed by atoms with Gasteiger partial charge in [0.1, 0.15) is 0 Å². The Morgan fingerprint density at radius 1 is 1.04 bits per heavy atom. The summed E-state index contributed by atoms with van der Waals surface area (Å²) in [7, 11) is 0. The van der Waals surface area contributed by atoms with Gasteiger partial charge in [-0.3, -0.25) is 0 Å². The Morgan fingerprint density at radius 3 is 2.27 bits per heavy atom. The molecule has 0 amide bonds. The highest BCUT2D eigenvalue weighted by Crippen LogP contribution is 2.30. The Hall–Kier alpha value is -0.710. The normalized spacial score (nSPS) is 13.8. The summed E-state index contributed by atoms with van der Waals surface area (Å²) in [4.78, 5) is 3.50. The number of halogens is 2. The monoisotopic (exact) mass is 411 g/mol. The van der Waals surface area contributed by atoms with E-state index in [0.29, 0.717) is 10.0 Å². The molecular formula is C21H27Cl2NOS. The van der Waals surface area contributed by atoms with E-state index in [-0.39, 0.29) is 5.92 Å². The van der Waals surface area contributed by atoms with Crippen LogP contribution in [0.25, 0.3) is 0 Å². The predicted octanol–water partition coefficient (Wildman–Crippen LogP) is 6.30. The van der Waals surface area contributed by atoms with Crippen LogP contribution in [0, 0.1) is 5.92 Å². The summed E-state index contributed by atoms with van der Waals surface area (Å²) < 4.78 is 0. The van der Waals surface area contributed by atoms with E-state index in [4.69, 9.17) is 23.2 Å². The Kier molecular flexibility index (Phi) is 8.78. The van der Waals surface area contributed by atoms with Crippen LogP contribution in [0.5, 0.6) is 0 Å². The van der Waals surface area contributed by atoms with Gasteiger partial charge in [0.05, 0.1) is 6.10 Å². The van der Waals surface area contributed by atoms with Gasteiger partial charge in [0.15, 0.2) is 0 Å². The molecule has 0 aromatic heterocycles. The third-order valence-corrected chi connectivity index (χ3v) is 6.26. The molecule has 0 aliphatic heterocycles. The molecule has 0 heterocycles. The van der Waals surface area contributed by atoms with Crippen LogP contribution in [0.4, 0.5) is 0 Å². The van der Waals surface area contributed by atoms with Gasteiger partial charge in [-0.25, -0.2) is 0 Å². The fraction of sp³-hybridized carbons (Fsp3) is 0.429. The van der Waals surface area contributed by atoms with E-state index >= 15 is 0 Å². The lowest BCUT2D eigenvalue weighted by molar-refractivity contribution is 0.0910. The number of aliphatic hydroxyl groups is 1. The van der Waals surface area contributed by atoms with Gasteiger partial charge >= 0.3 is 0 Å². The molecule has 2 nitrogen and oxygen atoms in total. The van der Waals surface area contributed by atoms with Gasteiger partial charge in [-0.1, -0.05) is 62.2 Å². The Balaban J connectivity index is 1.94. The summed E-state index contributed by atoms with van der Waals surface area (Å²) in [6.45, 7) is 9.34. The highest BCUT2D eigenvalue weighted by atomic mass is 35.5. The van der Waals surface area contributed by atoms with E-state index in [1.54, 1.807) is 17.8 Å². The van der Waals surface area contributed by atoms with Crippen molar-refractivity contribution < 1.29 is 5.11 Å². The molecule has 2 aromatic rings. The van der Waals surface area contributed by atoms with E-state index in [1.807, 2.05) is 24.3 Å². The van der Waals surface area contributed by atoms with Crippen LogP contribution in [0.1, 0.15) is 38.0 Å². The van der Waals surface area contributed by atoms with E-state index < -0.39 is 6.10 Å². The molecule has 0 saturated heterocycles. The third-order valence-electron chi connectivity index (χ3n) is 4.61. The van der Waals surface area contributed by atoms with E-state index in [1.165, 1.54) is 0 Å². The fourth-order valence-corrected chi connectivity index (χ4v) is 4.34. The van der Waals surface area contributed by atoms with Crippen LogP contribution in [0.15, 0.2) is 47.4 Å². The number of benzene rings is 2. The zero-order valence-corrected chi connectivity index (χ0v) is 17.9. The van der Waals surface area contributed by atoms with Crippen LogP contribution in [0.3, 0.4) is 0 Å². The number of hydrogen-bond donors (Lipinski definition) is 1. The Bertz CT molecular complexity index is 689. The minimum absolute atomic E-state index is 0.196. The van der Waals surface area contributed by atoms with Crippen molar-refractivity contribution in [3.63, 3.8) is 0 Å². The van der Waals surface area contributed by atoms with E-state index in [0.717, 1.165) is 41.4 Å². The minimum Gasteiger partial charge on any atom is -0.388 e. The van der Waals surface area contributed by atoms with Gasteiger partial charge < -0.3 is 10.0 Å². The minimum atomic E-state index is -0.444. The molecule has 2 aromatic carbocycles. The maximum absolute atomic E-state index is 10.6. The lowest BCUT2D eigenvalue weighted by atomic mass is 9.97. The van der Waals surface area contributed by atoms with E-state index in [9.17, 15) is 5.11 Å². The van der Waals surface area contributed by atoms with Gasteiger partial charge in [-0.2, -0.15) is 0 Å². The summed E-state index contributed by atoms with van der Waals surface area (Å²) in [5, 5.41) is 12.0. The van der Waals surface area contributed by atoms with Crippen molar-refractivity contribution in [2.24, 2.45) is 5.92 Å². The lowest BCUT2D eigenvalue weighted by Crippen LogP contribution is -2.30. The second-order valence-electron chi connectivity index (χ2n) is 6.50. The predicted molar refractivity (Wildman–Crippen MR) is 114 cm³/mol. The molecule has 0 fully saturated rings. The second-order valence-corrected chi connectivity index (χ2v) is 8.39. The van der Waals surface area contributed by atoms with Gasteiger partial charge in [0, 0.05) is 27.2 Å². The zero-order chi connectivity index (χ0) is 19.1. The quantitative estimate of drug-likeness (QED) is 0.489. The maximum Gasteiger partial charge on any atom is 0.0827 e. The molecule has 142 valence electrons. The summed E-state index contributed by atoms with van der Waals surface area (Å²) in [5.74, 6) is 0.984. The van der Waals surface area contributed by atoms with Gasteiger partial charge in [-0.05, 0) is 54.4 Å². The molecule has 2 rings (SSSR count). The summed E-state index contributed by atoms with van der Waals surface area (Å²) in [6, 6.07) is 13.8. The summed E-state index contributed by atoms with van der Waals surface area (Å²) in [6.07, 6.45) is -0.444.